The Hall–Kier alpha value is -0.380. The minimum absolute atomic E-state index is 0.456. The predicted molar refractivity (Wildman–Crippen MR) is 65.2 cm³/mol. The molecule has 1 aliphatic rings. The highest BCUT2D eigenvalue weighted by atomic mass is 79.9. The lowest BCUT2D eigenvalue weighted by molar-refractivity contribution is 0.0769. The number of halogens is 1. The first-order valence-electron chi connectivity index (χ1n) is 5.32. The summed E-state index contributed by atoms with van der Waals surface area (Å²) in [6.07, 6.45) is 1.03. The second-order valence-electron chi connectivity index (χ2n) is 4.02. The number of benzene rings is 1. The van der Waals surface area contributed by atoms with E-state index in [4.69, 9.17) is 4.74 Å². The Morgan fingerprint density at radius 2 is 2.40 bits per heavy atom. The van der Waals surface area contributed by atoms with E-state index in [0.29, 0.717) is 6.04 Å². The summed E-state index contributed by atoms with van der Waals surface area (Å²) in [5, 5.41) is 3.46. The highest BCUT2D eigenvalue weighted by Gasteiger charge is 2.14. The fourth-order valence-corrected chi connectivity index (χ4v) is 2.49. The van der Waals surface area contributed by atoms with Gasteiger partial charge in [-0.25, -0.2) is 0 Å². The predicted octanol–water partition coefficient (Wildman–Crippen LogP) is 2.29. The molecule has 0 bridgehead atoms. The van der Waals surface area contributed by atoms with E-state index in [0.717, 1.165) is 26.2 Å². The summed E-state index contributed by atoms with van der Waals surface area (Å²) in [4.78, 5) is 0. The summed E-state index contributed by atoms with van der Waals surface area (Å²) >= 11 is 3.61. The Morgan fingerprint density at radius 3 is 3.07 bits per heavy atom. The van der Waals surface area contributed by atoms with Crippen molar-refractivity contribution >= 4 is 15.9 Å². The summed E-state index contributed by atoms with van der Waals surface area (Å²) < 4.78 is 6.64. The van der Waals surface area contributed by atoms with Crippen LogP contribution in [-0.4, -0.2) is 25.8 Å². The minimum Gasteiger partial charge on any atom is -0.379 e. The molecule has 2 nitrogen and oxygen atoms in total. The Labute approximate surface area is 99.1 Å². The first-order chi connectivity index (χ1) is 7.25. The maximum Gasteiger partial charge on any atom is 0.0623 e. The fraction of sp³-hybridized carbons (Fsp3) is 0.500. The zero-order chi connectivity index (χ0) is 10.7. The number of hydrogen-bond donors (Lipinski definition) is 1. The van der Waals surface area contributed by atoms with E-state index in [1.807, 2.05) is 0 Å². The van der Waals surface area contributed by atoms with Crippen molar-refractivity contribution in [3.8, 4) is 0 Å². The molecule has 1 aromatic rings. The largest absolute Gasteiger partial charge is 0.379 e. The zero-order valence-corrected chi connectivity index (χ0v) is 10.5. The molecule has 1 saturated heterocycles. The summed E-state index contributed by atoms with van der Waals surface area (Å²) in [6.45, 7) is 4.73. The SMILES string of the molecule is Cc1ccc(CC2COCCN2)c(Br)c1. The molecule has 15 heavy (non-hydrogen) atoms. The molecule has 2 rings (SSSR count). The molecule has 1 atom stereocenters. The fourth-order valence-electron chi connectivity index (χ4n) is 1.83. The van der Waals surface area contributed by atoms with E-state index in [-0.39, 0.29) is 0 Å². The normalized spacial score (nSPS) is 21.6. The van der Waals surface area contributed by atoms with Crippen LogP contribution in [0.15, 0.2) is 22.7 Å². The van der Waals surface area contributed by atoms with Crippen LogP contribution in [0.25, 0.3) is 0 Å². The van der Waals surface area contributed by atoms with Crippen molar-refractivity contribution < 1.29 is 4.74 Å². The average molecular weight is 270 g/mol. The first-order valence-corrected chi connectivity index (χ1v) is 6.11. The van der Waals surface area contributed by atoms with Crippen LogP contribution in [0.2, 0.25) is 0 Å². The van der Waals surface area contributed by atoms with Crippen LogP contribution >= 0.6 is 15.9 Å². The Balaban J connectivity index is 2.03. The molecule has 1 N–H and O–H groups in total. The van der Waals surface area contributed by atoms with Crippen molar-refractivity contribution in [3.63, 3.8) is 0 Å². The molecule has 0 saturated carbocycles. The monoisotopic (exact) mass is 269 g/mol. The highest BCUT2D eigenvalue weighted by molar-refractivity contribution is 9.10. The van der Waals surface area contributed by atoms with E-state index in [2.05, 4.69) is 46.4 Å². The van der Waals surface area contributed by atoms with Crippen LogP contribution in [0.3, 0.4) is 0 Å². The number of hydrogen-bond acceptors (Lipinski definition) is 2. The lowest BCUT2D eigenvalue weighted by Gasteiger charge is -2.24. The summed E-state index contributed by atoms with van der Waals surface area (Å²) in [6, 6.07) is 6.97. The van der Waals surface area contributed by atoms with Crippen molar-refractivity contribution in [2.24, 2.45) is 0 Å². The lowest BCUT2D eigenvalue weighted by Crippen LogP contribution is -2.42. The van der Waals surface area contributed by atoms with Crippen molar-refractivity contribution in [1.29, 1.82) is 0 Å². The van der Waals surface area contributed by atoms with E-state index in [1.165, 1.54) is 15.6 Å². The van der Waals surface area contributed by atoms with Gasteiger partial charge in [-0.15, -0.1) is 0 Å². The van der Waals surface area contributed by atoms with Gasteiger partial charge in [0.05, 0.1) is 13.2 Å². The molecular weight excluding hydrogens is 254 g/mol. The standard InChI is InChI=1S/C12H16BrNO/c1-9-2-3-10(12(13)6-9)7-11-8-15-5-4-14-11/h2-3,6,11,14H,4-5,7-8H2,1H3. The van der Waals surface area contributed by atoms with E-state index < -0.39 is 0 Å². The van der Waals surface area contributed by atoms with Crippen LogP contribution < -0.4 is 5.32 Å². The van der Waals surface area contributed by atoms with Gasteiger partial charge in [-0.1, -0.05) is 28.1 Å². The molecule has 3 heteroatoms. The Bertz CT molecular complexity index is 334. The van der Waals surface area contributed by atoms with Gasteiger partial charge in [-0.3, -0.25) is 0 Å². The maximum absolute atomic E-state index is 5.44. The number of morpholine rings is 1. The number of rotatable bonds is 2. The quantitative estimate of drug-likeness (QED) is 0.890. The summed E-state index contributed by atoms with van der Waals surface area (Å²) in [5.41, 5.74) is 2.64. The summed E-state index contributed by atoms with van der Waals surface area (Å²) in [7, 11) is 0. The van der Waals surface area contributed by atoms with E-state index in [1.54, 1.807) is 0 Å². The van der Waals surface area contributed by atoms with Gasteiger partial charge in [-0.2, -0.15) is 0 Å². The molecule has 0 radical (unpaired) electrons. The molecule has 0 aliphatic carbocycles. The average Bonchev–Trinajstić information content (AvgIpc) is 2.24. The van der Waals surface area contributed by atoms with Crippen molar-refractivity contribution in [2.75, 3.05) is 19.8 Å². The van der Waals surface area contributed by atoms with E-state index in [9.17, 15) is 0 Å². The third-order valence-electron chi connectivity index (χ3n) is 2.67. The molecule has 1 heterocycles. The molecule has 1 aromatic carbocycles. The highest BCUT2D eigenvalue weighted by Crippen LogP contribution is 2.20. The van der Waals surface area contributed by atoms with Crippen LogP contribution in [-0.2, 0) is 11.2 Å². The number of aryl methyl sites for hydroxylation is 1. The molecule has 82 valence electrons. The smallest absolute Gasteiger partial charge is 0.0623 e. The van der Waals surface area contributed by atoms with Crippen molar-refractivity contribution in [2.45, 2.75) is 19.4 Å². The third kappa shape index (κ3) is 3.03. The minimum atomic E-state index is 0.456. The second-order valence-corrected chi connectivity index (χ2v) is 4.88. The molecular formula is C12H16BrNO. The lowest BCUT2D eigenvalue weighted by atomic mass is 10.0. The number of nitrogens with one attached hydrogen (secondary N) is 1. The maximum atomic E-state index is 5.44. The topological polar surface area (TPSA) is 21.3 Å². The van der Waals surface area contributed by atoms with Crippen molar-refractivity contribution in [3.05, 3.63) is 33.8 Å². The van der Waals surface area contributed by atoms with Gasteiger partial charge in [-0.05, 0) is 30.5 Å². The van der Waals surface area contributed by atoms with Gasteiger partial charge in [0.1, 0.15) is 0 Å². The van der Waals surface area contributed by atoms with Gasteiger partial charge >= 0.3 is 0 Å². The van der Waals surface area contributed by atoms with E-state index >= 15 is 0 Å². The second kappa shape index (κ2) is 5.10. The zero-order valence-electron chi connectivity index (χ0n) is 8.92. The molecule has 0 spiro atoms. The summed E-state index contributed by atoms with van der Waals surface area (Å²) in [5.74, 6) is 0. The molecule has 0 aromatic heterocycles. The Morgan fingerprint density at radius 1 is 1.53 bits per heavy atom. The Kier molecular flexibility index (Phi) is 3.78. The number of ether oxygens (including phenoxy) is 1. The molecule has 1 aliphatic heterocycles. The van der Waals surface area contributed by atoms with Crippen molar-refractivity contribution in [1.82, 2.24) is 5.32 Å². The van der Waals surface area contributed by atoms with Gasteiger partial charge in [0.25, 0.3) is 0 Å². The van der Waals surface area contributed by atoms with Gasteiger partial charge < -0.3 is 10.1 Å². The third-order valence-corrected chi connectivity index (χ3v) is 3.41. The molecule has 0 amide bonds. The van der Waals surface area contributed by atoms with Crippen LogP contribution in [0.4, 0.5) is 0 Å². The van der Waals surface area contributed by atoms with Crippen LogP contribution in [0.1, 0.15) is 11.1 Å². The molecule has 1 unspecified atom stereocenters. The van der Waals surface area contributed by atoms with Gasteiger partial charge in [0, 0.05) is 17.1 Å². The van der Waals surface area contributed by atoms with Crippen LogP contribution in [0, 0.1) is 6.92 Å². The molecule has 1 fully saturated rings. The van der Waals surface area contributed by atoms with Crippen LogP contribution in [0.5, 0.6) is 0 Å². The van der Waals surface area contributed by atoms with Gasteiger partial charge in [0.15, 0.2) is 0 Å². The first kappa shape index (κ1) is 11.1. The van der Waals surface area contributed by atoms with Gasteiger partial charge in [0.2, 0.25) is 0 Å².